The first-order valence-corrected chi connectivity index (χ1v) is 11.7. The highest BCUT2D eigenvalue weighted by Gasteiger charge is 2.44. The summed E-state index contributed by atoms with van der Waals surface area (Å²) in [6.45, 7) is 3.77. The van der Waals surface area contributed by atoms with Crippen LogP contribution in [0.4, 0.5) is 0 Å². The van der Waals surface area contributed by atoms with Crippen LogP contribution in [0.1, 0.15) is 43.1 Å². The van der Waals surface area contributed by atoms with Crippen LogP contribution in [0.15, 0.2) is 42.5 Å². The summed E-state index contributed by atoms with van der Waals surface area (Å²) in [5.74, 6) is 0.799. The molecule has 1 saturated heterocycles. The molecule has 0 saturated carbocycles. The van der Waals surface area contributed by atoms with E-state index in [1.54, 1.807) is 12.1 Å². The molecule has 0 radical (unpaired) electrons. The zero-order valence-electron chi connectivity index (χ0n) is 19.9. The van der Waals surface area contributed by atoms with Gasteiger partial charge in [-0.05, 0) is 54.7 Å². The van der Waals surface area contributed by atoms with Crippen LogP contribution in [0.25, 0.3) is 0 Å². The van der Waals surface area contributed by atoms with Crippen LogP contribution in [0, 0.1) is 0 Å². The van der Waals surface area contributed by atoms with Crippen molar-refractivity contribution in [1.82, 2.24) is 0 Å². The van der Waals surface area contributed by atoms with Crippen molar-refractivity contribution in [2.45, 2.75) is 63.3 Å². The smallest absolute Gasteiger partial charge is 0.119 e. The van der Waals surface area contributed by atoms with Gasteiger partial charge in [-0.1, -0.05) is 42.8 Å². The first kappa shape index (κ1) is 31.2. The van der Waals surface area contributed by atoms with Crippen molar-refractivity contribution in [3.63, 3.8) is 0 Å². The van der Waals surface area contributed by atoms with Gasteiger partial charge >= 0.3 is 0 Å². The standard InChI is InChI=1S/C21H25ClO6.C4H10O2.H2O/c1-2-27-15-6-3-12(4-7-15)9-14-10-13(5-8-16(14)22)21-20(26)19(25)18(24)17(11-23)28-21;1-2-4(6)3-5;/h3-8,10,17-21,23-26H,2,9,11H2,1H3;4-6H,2-3H2,1H3;1H2/t17-,18-,19+,20-,21+;;/m1../s1. The van der Waals surface area contributed by atoms with Gasteiger partial charge in [0.2, 0.25) is 0 Å². The third-order valence-electron chi connectivity index (χ3n) is 5.60. The molecule has 3 rings (SSSR count). The van der Waals surface area contributed by atoms with E-state index in [4.69, 9.17) is 31.3 Å². The number of aliphatic hydroxyl groups excluding tert-OH is 6. The predicted molar refractivity (Wildman–Crippen MR) is 132 cm³/mol. The molecule has 198 valence electrons. The van der Waals surface area contributed by atoms with Crippen molar-refractivity contribution >= 4 is 11.6 Å². The first-order chi connectivity index (χ1) is 16.2. The van der Waals surface area contributed by atoms with Crippen LogP contribution >= 0.6 is 11.6 Å². The molecule has 1 heterocycles. The lowest BCUT2D eigenvalue weighted by Gasteiger charge is -2.40. The third kappa shape index (κ3) is 8.68. The Morgan fingerprint density at radius 3 is 2.14 bits per heavy atom. The third-order valence-corrected chi connectivity index (χ3v) is 5.97. The second-order valence-corrected chi connectivity index (χ2v) is 8.51. The molecule has 6 atom stereocenters. The van der Waals surface area contributed by atoms with Crippen molar-refractivity contribution in [3.8, 4) is 5.75 Å². The molecule has 1 unspecified atom stereocenters. The molecule has 35 heavy (non-hydrogen) atoms. The fourth-order valence-corrected chi connectivity index (χ4v) is 3.69. The Labute approximate surface area is 210 Å². The maximum Gasteiger partial charge on any atom is 0.119 e. The van der Waals surface area contributed by atoms with E-state index in [1.165, 1.54) is 0 Å². The van der Waals surface area contributed by atoms with Crippen molar-refractivity contribution in [2.24, 2.45) is 0 Å². The normalized spacial score (nSPS) is 24.5. The van der Waals surface area contributed by atoms with Crippen LogP contribution in [-0.4, -0.2) is 86.5 Å². The van der Waals surface area contributed by atoms with Gasteiger partial charge in [-0.15, -0.1) is 0 Å². The Morgan fingerprint density at radius 1 is 0.971 bits per heavy atom. The molecule has 9 nitrogen and oxygen atoms in total. The summed E-state index contributed by atoms with van der Waals surface area (Å²) in [4.78, 5) is 0. The molecule has 8 N–H and O–H groups in total. The van der Waals surface area contributed by atoms with Crippen LogP contribution in [0.3, 0.4) is 0 Å². The second kappa shape index (κ2) is 15.4. The number of hydrogen-bond donors (Lipinski definition) is 6. The van der Waals surface area contributed by atoms with E-state index in [2.05, 4.69) is 0 Å². The first-order valence-electron chi connectivity index (χ1n) is 11.3. The summed E-state index contributed by atoms with van der Waals surface area (Å²) >= 11 is 6.35. The van der Waals surface area contributed by atoms with Crippen molar-refractivity contribution in [1.29, 1.82) is 0 Å². The SMILES string of the molecule is CCC(O)CO.CCOc1ccc(Cc2cc([C@@H]3O[C@H](CO)[C@@H](O)[C@H](O)[C@H]3O)ccc2Cl)cc1.O. The molecule has 1 fully saturated rings. The Balaban J connectivity index is 0.000000780. The molecule has 0 amide bonds. The Bertz CT molecular complexity index is 859. The van der Waals surface area contributed by atoms with Gasteiger partial charge in [0.05, 0.1) is 25.9 Å². The molecule has 1 aliphatic heterocycles. The lowest BCUT2D eigenvalue weighted by molar-refractivity contribution is -0.231. The summed E-state index contributed by atoms with van der Waals surface area (Å²) < 4.78 is 11.1. The van der Waals surface area contributed by atoms with E-state index in [0.717, 1.165) is 16.9 Å². The maximum absolute atomic E-state index is 10.3. The average molecular weight is 517 g/mol. The second-order valence-electron chi connectivity index (χ2n) is 8.10. The number of benzene rings is 2. The van der Waals surface area contributed by atoms with Gasteiger partial charge in [-0.2, -0.15) is 0 Å². The highest BCUT2D eigenvalue weighted by Crippen LogP contribution is 2.34. The molecule has 2 aromatic rings. The van der Waals surface area contributed by atoms with E-state index >= 15 is 0 Å². The number of halogens is 1. The highest BCUT2D eigenvalue weighted by atomic mass is 35.5. The maximum atomic E-state index is 10.3. The van der Waals surface area contributed by atoms with Crippen LogP contribution in [-0.2, 0) is 11.2 Å². The lowest BCUT2D eigenvalue weighted by Crippen LogP contribution is -2.55. The topological polar surface area (TPSA) is 171 Å². The van der Waals surface area contributed by atoms with Gasteiger partial charge in [-0.3, -0.25) is 0 Å². The predicted octanol–water partition coefficient (Wildman–Crippen LogP) is 0.769. The van der Waals surface area contributed by atoms with Gasteiger partial charge in [-0.25, -0.2) is 0 Å². The van der Waals surface area contributed by atoms with Crippen molar-refractivity contribution in [3.05, 3.63) is 64.2 Å². The van der Waals surface area contributed by atoms with Crippen molar-refractivity contribution in [2.75, 3.05) is 19.8 Å². The molecule has 0 aliphatic carbocycles. The number of rotatable bonds is 8. The zero-order chi connectivity index (χ0) is 25.3. The van der Waals surface area contributed by atoms with Crippen LogP contribution in [0.5, 0.6) is 5.75 Å². The molecular formula is C25H37ClO9. The Kier molecular flexibility index (Phi) is 13.7. The number of aliphatic hydroxyl groups is 6. The minimum atomic E-state index is -1.42. The monoisotopic (exact) mass is 516 g/mol. The van der Waals surface area contributed by atoms with Gasteiger partial charge in [0.15, 0.2) is 0 Å². The lowest BCUT2D eigenvalue weighted by atomic mass is 9.90. The van der Waals surface area contributed by atoms with E-state index in [9.17, 15) is 20.4 Å². The van der Waals surface area contributed by atoms with Gasteiger partial charge in [0.1, 0.15) is 36.3 Å². The van der Waals surface area contributed by atoms with E-state index < -0.39 is 43.2 Å². The quantitative estimate of drug-likeness (QED) is 0.298. The summed E-state index contributed by atoms with van der Waals surface area (Å²) in [6.07, 6.45) is -5.26. The van der Waals surface area contributed by atoms with E-state index in [-0.39, 0.29) is 12.1 Å². The largest absolute Gasteiger partial charge is 0.494 e. The van der Waals surface area contributed by atoms with Gasteiger partial charge in [0.25, 0.3) is 0 Å². The molecular weight excluding hydrogens is 480 g/mol. The fourth-order valence-electron chi connectivity index (χ4n) is 3.50. The van der Waals surface area contributed by atoms with Crippen molar-refractivity contribution < 1.29 is 45.6 Å². The Morgan fingerprint density at radius 2 is 1.63 bits per heavy atom. The van der Waals surface area contributed by atoms with Crippen LogP contribution in [0.2, 0.25) is 5.02 Å². The molecule has 0 spiro atoms. The number of hydrogen-bond acceptors (Lipinski definition) is 8. The Hall–Kier alpha value is -1.79. The minimum absolute atomic E-state index is 0. The summed E-state index contributed by atoms with van der Waals surface area (Å²) in [5.41, 5.74) is 2.49. The fraction of sp³-hybridized carbons (Fsp3) is 0.520. The zero-order valence-corrected chi connectivity index (χ0v) is 20.7. The average Bonchev–Trinajstić information content (AvgIpc) is 2.85. The summed E-state index contributed by atoms with van der Waals surface area (Å²) in [5, 5.41) is 56.8. The molecule has 0 bridgehead atoms. The minimum Gasteiger partial charge on any atom is -0.494 e. The molecule has 2 aromatic carbocycles. The molecule has 10 heteroatoms. The highest BCUT2D eigenvalue weighted by molar-refractivity contribution is 6.31. The summed E-state index contributed by atoms with van der Waals surface area (Å²) in [7, 11) is 0. The number of ether oxygens (including phenoxy) is 2. The van der Waals surface area contributed by atoms with Gasteiger partial charge in [0, 0.05) is 5.02 Å². The molecule has 1 aliphatic rings. The van der Waals surface area contributed by atoms with E-state index in [0.29, 0.717) is 30.0 Å². The summed E-state index contributed by atoms with van der Waals surface area (Å²) in [6, 6.07) is 12.9. The van der Waals surface area contributed by atoms with E-state index in [1.807, 2.05) is 44.2 Å². The molecule has 0 aromatic heterocycles. The van der Waals surface area contributed by atoms with Gasteiger partial charge < -0.3 is 45.6 Å². The van der Waals surface area contributed by atoms with Crippen LogP contribution < -0.4 is 4.74 Å².